The van der Waals surface area contributed by atoms with Gasteiger partial charge in [-0.25, -0.2) is 13.2 Å². The maximum Gasteiger partial charge on any atom is 0.325 e. The van der Waals surface area contributed by atoms with Gasteiger partial charge in [0.05, 0.1) is 17.1 Å². The summed E-state index contributed by atoms with van der Waals surface area (Å²) in [6.07, 6.45) is 0.408. The van der Waals surface area contributed by atoms with Crippen LogP contribution in [0, 0.1) is 17.5 Å². The van der Waals surface area contributed by atoms with Crippen molar-refractivity contribution in [2.45, 2.75) is 12.5 Å². The Morgan fingerprint density at radius 2 is 1.64 bits per heavy atom. The van der Waals surface area contributed by atoms with Gasteiger partial charge in [0.25, 0.3) is 5.56 Å². The highest BCUT2D eigenvalue weighted by Crippen LogP contribution is 2.37. The molecule has 5 rings (SSSR count). The third-order valence-corrected chi connectivity index (χ3v) is 7.00. The maximum atomic E-state index is 14.9. The molecule has 0 aliphatic carbocycles. The molecule has 0 aliphatic heterocycles. The number of halogens is 4. The van der Waals surface area contributed by atoms with E-state index in [2.05, 4.69) is 5.32 Å². The van der Waals surface area contributed by atoms with Crippen LogP contribution in [0.25, 0.3) is 27.7 Å². The third-order valence-electron chi connectivity index (χ3n) is 6.69. The zero-order valence-corrected chi connectivity index (χ0v) is 22.7. The van der Waals surface area contributed by atoms with Gasteiger partial charge < -0.3 is 15.2 Å². The number of nitrogens with one attached hydrogen (secondary N) is 1. The number of aromatic nitrogens is 1. The topological polar surface area (TPSA) is 80.6 Å². The predicted octanol–water partition coefficient (Wildman–Crippen LogP) is 6.91. The molecule has 4 aromatic carbocycles. The van der Waals surface area contributed by atoms with E-state index < -0.39 is 40.7 Å². The van der Waals surface area contributed by atoms with E-state index >= 15 is 0 Å². The first-order valence-corrected chi connectivity index (χ1v) is 13.4. The molecule has 5 aromatic rings. The third kappa shape index (κ3) is 6.02. The van der Waals surface area contributed by atoms with Crippen LogP contribution >= 0.6 is 11.6 Å². The van der Waals surface area contributed by atoms with E-state index in [9.17, 15) is 27.9 Å². The van der Waals surface area contributed by atoms with Crippen LogP contribution in [0.1, 0.15) is 18.0 Å². The van der Waals surface area contributed by atoms with Gasteiger partial charge in [-0.1, -0.05) is 48.0 Å². The lowest BCUT2D eigenvalue weighted by Crippen LogP contribution is -2.29. The Labute approximate surface area is 243 Å². The number of rotatable bonds is 10. The molecule has 6 nitrogen and oxygen atoms in total. The maximum absolute atomic E-state index is 14.9. The molecule has 0 saturated carbocycles. The molecule has 2 N–H and O–H groups in total. The number of carboxylic acid groups (broad SMARTS) is 1. The van der Waals surface area contributed by atoms with E-state index in [1.54, 1.807) is 36.4 Å². The van der Waals surface area contributed by atoms with Gasteiger partial charge in [0, 0.05) is 23.1 Å². The number of ether oxygens (including phenoxy) is 1. The highest BCUT2D eigenvalue weighted by molar-refractivity contribution is 6.33. The number of fused-ring (bicyclic) bond motifs is 1. The smallest absolute Gasteiger partial charge is 0.325 e. The van der Waals surface area contributed by atoms with Gasteiger partial charge in [-0.05, 0) is 66.6 Å². The van der Waals surface area contributed by atoms with E-state index in [0.717, 1.165) is 22.8 Å². The number of hydrogen-bond donors (Lipinski definition) is 2. The van der Waals surface area contributed by atoms with Crippen molar-refractivity contribution in [3.8, 4) is 22.6 Å². The van der Waals surface area contributed by atoms with Crippen LogP contribution in [0.5, 0.6) is 5.75 Å². The Bertz CT molecular complexity index is 1810. The van der Waals surface area contributed by atoms with Gasteiger partial charge in [0.15, 0.2) is 0 Å². The van der Waals surface area contributed by atoms with Crippen molar-refractivity contribution in [3.63, 3.8) is 0 Å². The first-order valence-electron chi connectivity index (χ1n) is 13.0. The number of pyridine rings is 1. The molecule has 1 heterocycles. The van der Waals surface area contributed by atoms with Crippen LogP contribution in [0.15, 0.2) is 95.8 Å². The fourth-order valence-electron chi connectivity index (χ4n) is 4.77. The Morgan fingerprint density at radius 1 is 0.905 bits per heavy atom. The van der Waals surface area contributed by atoms with Crippen LogP contribution in [-0.2, 0) is 4.79 Å². The SMILES string of the molecule is O=C(O)[C@@H](NCCCOc1cc(-c2ccc(F)cc2Cl)c2ccc(=O)n(-c3c(F)cccc3F)c2c1)c1ccccc1. The normalized spacial score (nSPS) is 11.9. The lowest BCUT2D eigenvalue weighted by atomic mass is 9.99. The summed E-state index contributed by atoms with van der Waals surface area (Å²) in [5.74, 6) is -3.18. The fraction of sp³-hybridized carbons (Fsp3) is 0.125. The molecule has 0 unspecified atom stereocenters. The molecule has 1 atom stereocenters. The van der Waals surface area contributed by atoms with Gasteiger partial charge in [-0.2, -0.15) is 0 Å². The summed E-state index contributed by atoms with van der Waals surface area (Å²) in [4.78, 5) is 24.7. The summed E-state index contributed by atoms with van der Waals surface area (Å²) in [5, 5.41) is 13.1. The fourth-order valence-corrected chi connectivity index (χ4v) is 5.04. The largest absolute Gasteiger partial charge is 0.493 e. The van der Waals surface area contributed by atoms with Crippen molar-refractivity contribution in [2.24, 2.45) is 0 Å². The molecular weight excluding hydrogens is 569 g/mol. The second-order valence-corrected chi connectivity index (χ2v) is 9.85. The van der Waals surface area contributed by atoms with Crippen molar-refractivity contribution in [2.75, 3.05) is 13.2 Å². The first kappa shape index (κ1) is 28.9. The summed E-state index contributed by atoms with van der Waals surface area (Å²) in [6.45, 7) is 0.447. The number of hydrogen-bond acceptors (Lipinski definition) is 4. The molecule has 0 bridgehead atoms. The molecule has 42 heavy (non-hydrogen) atoms. The minimum absolute atomic E-state index is 0.0908. The Kier molecular flexibility index (Phi) is 8.61. The van der Waals surface area contributed by atoms with Crippen LogP contribution < -0.4 is 15.6 Å². The molecule has 0 amide bonds. The quantitative estimate of drug-likeness (QED) is 0.172. The first-order chi connectivity index (χ1) is 20.2. The molecule has 0 fully saturated rings. The predicted molar refractivity (Wildman–Crippen MR) is 155 cm³/mol. The molecule has 0 aliphatic rings. The molecule has 214 valence electrons. The van der Waals surface area contributed by atoms with Gasteiger partial charge in [-0.15, -0.1) is 0 Å². The molecule has 0 spiro atoms. The van der Waals surface area contributed by atoms with Crippen LogP contribution in [0.2, 0.25) is 5.02 Å². The summed E-state index contributed by atoms with van der Waals surface area (Å²) in [5.41, 5.74) is 0.399. The zero-order chi connectivity index (χ0) is 29.8. The Balaban J connectivity index is 1.50. The summed E-state index contributed by atoms with van der Waals surface area (Å²) in [7, 11) is 0. The van der Waals surface area contributed by atoms with Crippen molar-refractivity contribution >= 4 is 28.5 Å². The lowest BCUT2D eigenvalue weighted by molar-refractivity contribution is -0.139. The average molecular weight is 593 g/mol. The van der Waals surface area contributed by atoms with Gasteiger partial charge >= 0.3 is 5.97 Å². The van der Waals surface area contributed by atoms with Crippen LogP contribution in [-0.4, -0.2) is 28.8 Å². The molecule has 10 heteroatoms. The van der Waals surface area contributed by atoms with Gasteiger partial charge in [0.1, 0.15) is 34.9 Å². The molecule has 0 saturated heterocycles. The van der Waals surface area contributed by atoms with Crippen LogP contribution in [0.4, 0.5) is 13.2 Å². The van der Waals surface area contributed by atoms with E-state index in [4.69, 9.17) is 16.3 Å². The number of para-hydroxylation sites is 1. The average Bonchev–Trinajstić information content (AvgIpc) is 2.96. The van der Waals surface area contributed by atoms with E-state index in [1.807, 2.05) is 0 Å². The number of aliphatic carboxylic acids is 1. The standard InChI is InChI=1S/C32H24ClF3N2O4/c33-25-16-20(34)10-11-22(25)24-17-21(42-15-5-14-37-30(32(40)41)19-6-2-1-3-7-19)18-28-23(24)12-13-29(39)38(28)31-26(35)8-4-9-27(31)36/h1-4,6-13,16-18,30,37H,5,14-15H2,(H,40,41)/t30-/m0/s1. The summed E-state index contributed by atoms with van der Waals surface area (Å²) < 4.78 is 50.5. The zero-order valence-electron chi connectivity index (χ0n) is 22.0. The van der Waals surface area contributed by atoms with Gasteiger partial charge in [0.2, 0.25) is 0 Å². The van der Waals surface area contributed by atoms with Gasteiger partial charge in [-0.3, -0.25) is 14.2 Å². The highest BCUT2D eigenvalue weighted by Gasteiger charge is 2.20. The molecular formula is C32H24ClF3N2O4. The number of carboxylic acids is 1. The Hall–Kier alpha value is -4.60. The van der Waals surface area contributed by atoms with Crippen molar-refractivity contribution in [3.05, 3.63) is 129 Å². The van der Waals surface area contributed by atoms with Crippen molar-refractivity contribution in [1.82, 2.24) is 9.88 Å². The van der Waals surface area contributed by atoms with E-state index in [0.29, 0.717) is 35.0 Å². The second-order valence-electron chi connectivity index (χ2n) is 9.44. The van der Waals surface area contributed by atoms with E-state index in [1.165, 1.54) is 36.4 Å². The second kappa shape index (κ2) is 12.5. The summed E-state index contributed by atoms with van der Waals surface area (Å²) >= 11 is 6.38. The van der Waals surface area contributed by atoms with Crippen LogP contribution in [0.3, 0.4) is 0 Å². The highest BCUT2D eigenvalue weighted by atomic mass is 35.5. The van der Waals surface area contributed by atoms with Crippen molar-refractivity contribution < 1.29 is 27.8 Å². The summed E-state index contributed by atoms with van der Waals surface area (Å²) in [6, 6.07) is 20.8. The number of benzene rings is 4. The monoisotopic (exact) mass is 592 g/mol. The number of carbonyl (C=O) groups is 1. The Morgan fingerprint density at radius 3 is 2.33 bits per heavy atom. The molecule has 0 radical (unpaired) electrons. The van der Waals surface area contributed by atoms with E-state index in [-0.39, 0.29) is 22.9 Å². The minimum Gasteiger partial charge on any atom is -0.493 e. The minimum atomic E-state index is -1.02. The molecule has 1 aromatic heterocycles. The number of nitrogens with zero attached hydrogens (tertiary/aromatic N) is 1. The lowest BCUT2D eigenvalue weighted by Gasteiger charge is -2.18. The van der Waals surface area contributed by atoms with Crippen molar-refractivity contribution in [1.29, 1.82) is 0 Å².